The Balaban J connectivity index is 0.746. The van der Waals surface area contributed by atoms with E-state index in [2.05, 4.69) is 35.9 Å². The molecule has 3 aliphatic heterocycles. The fraction of sp³-hybridized carbons (Fsp3) is 0.531. The predicted molar refractivity (Wildman–Crippen MR) is 263 cm³/mol. The van der Waals surface area contributed by atoms with Gasteiger partial charge in [-0.3, -0.25) is 24.3 Å². The van der Waals surface area contributed by atoms with Gasteiger partial charge < -0.3 is 34.9 Å². The maximum atomic E-state index is 15.0. The number of halogens is 1. The van der Waals surface area contributed by atoms with E-state index < -0.39 is 5.82 Å². The normalized spacial score (nSPS) is 19.4. The zero-order valence-corrected chi connectivity index (χ0v) is 40.7. The Bertz CT molecular complexity index is 2270. The number of carbonyl (C=O) groups is 5. The van der Waals surface area contributed by atoms with E-state index in [0.29, 0.717) is 81.5 Å². The van der Waals surface area contributed by atoms with Crippen molar-refractivity contribution in [2.45, 2.75) is 95.4 Å². The summed E-state index contributed by atoms with van der Waals surface area (Å²) in [6, 6.07) is 14.3. The molecule has 3 N–H and O–H groups in total. The molecule has 0 radical (unpaired) electrons. The molecule has 0 spiro atoms. The molecule has 18 heteroatoms. The average Bonchev–Trinajstić information content (AvgIpc) is 4.13. The van der Waals surface area contributed by atoms with Crippen LogP contribution < -0.4 is 25.7 Å². The first-order valence-corrected chi connectivity index (χ1v) is 25.7. The molecular weight excluding hydrogens is 894 g/mol. The third-order valence-electron chi connectivity index (χ3n) is 12.8. The molecule has 360 valence electrons. The predicted octanol–water partition coefficient (Wildman–Crippen LogP) is 6.83. The fourth-order valence-corrected chi connectivity index (χ4v) is 11.4. The number of hydrazone groups is 1. The second-order valence-electron chi connectivity index (χ2n) is 18.5. The van der Waals surface area contributed by atoms with Crippen LogP contribution >= 0.6 is 21.6 Å². The molecule has 4 heterocycles. The number of hydrogen-bond donors (Lipinski definition) is 3. The van der Waals surface area contributed by atoms with Gasteiger partial charge in [-0.25, -0.2) is 14.6 Å². The fourth-order valence-electron chi connectivity index (χ4n) is 8.90. The highest BCUT2D eigenvalue weighted by Gasteiger charge is 2.44. The van der Waals surface area contributed by atoms with Crippen molar-refractivity contribution in [3.63, 3.8) is 0 Å². The van der Waals surface area contributed by atoms with Crippen molar-refractivity contribution in [3.8, 4) is 5.75 Å². The van der Waals surface area contributed by atoms with E-state index in [1.165, 1.54) is 6.07 Å². The van der Waals surface area contributed by atoms with Crippen LogP contribution in [0, 0.1) is 11.7 Å². The first-order valence-electron chi connectivity index (χ1n) is 23.4. The van der Waals surface area contributed by atoms with Crippen LogP contribution in [-0.4, -0.2) is 131 Å². The zero-order valence-electron chi connectivity index (χ0n) is 39.1. The number of likely N-dealkylation sites (tertiary alicyclic amines) is 1. The van der Waals surface area contributed by atoms with Crippen LogP contribution in [0.15, 0.2) is 66.0 Å². The summed E-state index contributed by atoms with van der Waals surface area (Å²) in [5, 5.41) is 10.2. The number of piperazine rings is 1. The summed E-state index contributed by atoms with van der Waals surface area (Å²) in [5.74, 6) is 0.859. The monoisotopic (exact) mass is 957 g/mol. The molecule has 1 saturated carbocycles. The van der Waals surface area contributed by atoms with Gasteiger partial charge >= 0.3 is 6.03 Å². The Hall–Kier alpha value is -5.20. The number of nitrogens with zero attached hydrogens (tertiary/aromatic N) is 6. The number of Topliss-reactive ketones (excluding diaryl/α,β-unsaturated/α-hetero) is 1. The quantitative estimate of drug-likeness (QED) is 0.0655. The molecule has 3 aromatic rings. The molecule has 4 aliphatic rings. The van der Waals surface area contributed by atoms with Crippen LogP contribution in [0.2, 0.25) is 0 Å². The number of carbonyl (C=O) groups excluding carboxylic acids is 5. The van der Waals surface area contributed by atoms with Gasteiger partial charge in [0.1, 0.15) is 17.3 Å². The topological polar surface area (TPSA) is 169 Å². The Kier molecular flexibility index (Phi) is 17.2. The van der Waals surface area contributed by atoms with Crippen molar-refractivity contribution in [2.24, 2.45) is 11.0 Å². The molecule has 2 atom stereocenters. The first kappa shape index (κ1) is 49.7. The largest absolute Gasteiger partial charge is 0.494 e. The highest BCUT2D eigenvalue weighted by atomic mass is 33.1. The average molecular weight is 958 g/mol. The lowest BCUT2D eigenvalue weighted by molar-refractivity contribution is -0.133. The number of piperidine rings is 1. The van der Waals surface area contributed by atoms with E-state index in [1.54, 1.807) is 57.9 Å². The van der Waals surface area contributed by atoms with Gasteiger partial charge in [-0.1, -0.05) is 33.7 Å². The first-order chi connectivity index (χ1) is 32.2. The summed E-state index contributed by atoms with van der Waals surface area (Å²) in [7, 11) is 5.24. The number of anilines is 2. The Morgan fingerprint density at radius 1 is 0.955 bits per heavy atom. The molecule has 1 aliphatic carbocycles. The molecule has 15 nitrogen and oxygen atoms in total. The van der Waals surface area contributed by atoms with Gasteiger partial charge in [0.2, 0.25) is 17.7 Å². The SMILES string of the molecule is CC(=O)CCCOc1ccc2c(c1)N(C)CC/C2=N\NC(=O)CC(C)(C)SSCCC(=O)N1CCN(C2CCN(C(=O)NCc3ccc(NC(=O)C4CC4c4cccnc4)cc3F)CC2)CC1. The highest BCUT2D eigenvalue weighted by Crippen LogP contribution is 2.47. The van der Waals surface area contributed by atoms with E-state index >= 15 is 4.39 Å². The van der Waals surface area contributed by atoms with E-state index in [0.717, 1.165) is 67.2 Å². The van der Waals surface area contributed by atoms with E-state index in [1.807, 2.05) is 56.1 Å². The minimum absolute atomic E-state index is 0.0447. The second kappa shape index (κ2) is 23.2. The van der Waals surface area contributed by atoms with Gasteiger partial charge in [-0.2, -0.15) is 5.10 Å². The summed E-state index contributed by atoms with van der Waals surface area (Å²) >= 11 is 0. The van der Waals surface area contributed by atoms with Gasteiger partial charge in [0.25, 0.3) is 0 Å². The molecule has 0 bridgehead atoms. The number of aromatic nitrogens is 1. The van der Waals surface area contributed by atoms with E-state index in [-0.39, 0.29) is 59.1 Å². The van der Waals surface area contributed by atoms with Crippen LogP contribution in [0.1, 0.15) is 94.7 Å². The van der Waals surface area contributed by atoms with Gasteiger partial charge in [0, 0.05) is 149 Å². The Labute approximate surface area is 401 Å². The lowest BCUT2D eigenvalue weighted by Crippen LogP contribution is -2.55. The molecule has 2 aromatic carbocycles. The molecule has 2 unspecified atom stereocenters. The number of amides is 5. The summed E-state index contributed by atoms with van der Waals surface area (Å²) in [4.78, 5) is 75.6. The Morgan fingerprint density at radius 3 is 2.48 bits per heavy atom. The van der Waals surface area contributed by atoms with E-state index in [4.69, 9.17) is 4.74 Å². The third kappa shape index (κ3) is 14.2. The van der Waals surface area contributed by atoms with Crippen molar-refractivity contribution in [3.05, 3.63) is 83.4 Å². The minimum atomic E-state index is -0.488. The summed E-state index contributed by atoms with van der Waals surface area (Å²) in [6.07, 6.45) is 8.45. The lowest BCUT2D eigenvalue weighted by atomic mass is 10.00. The zero-order chi connectivity index (χ0) is 47.5. The highest BCUT2D eigenvalue weighted by molar-refractivity contribution is 8.77. The molecule has 5 amide bonds. The van der Waals surface area contributed by atoms with Crippen LogP contribution in [0.25, 0.3) is 0 Å². The van der Waals surface area contributed by atoms with Gasteiger partial charge in [0.05, 0.1) is 12.3 Å². The van der Waals surface area contributed by atoms with Crippen molar-refractivity contribution >= 4 is 68.2 Å². The van der Waals surface area contributed by atoms with Crippen LogP contribution in [0.4, 0.5) is 20.6 Å². The number of hydrogen-bond acceptors (Lipinski definition) is 12. The van der Waals surface area contributed by atoms with Crippen molar-refractivity contribution < 1.29 is 33.1 Å². The minimum Gasteiger partial charge on any atom is -0.494 e. The van der Waals surface area contributed by atoms with Crippen LogP contribution in [0.5, 0.6) is 5.75 Å². The van der Waals surface area contributed by atoms with Crippen LogP contribution in [-0.2, 0) is 25.7 Å². The maximum absolute atomic E-state index is 15.0. The number of urea groups is 1. The number of pyridine rings is 1. The van der Waals surface area contributed by atoms with Crippen molar-refractivity contribution in [1.82, 2.24) is 30.4 Å². The van der Waals surface area contributed by atoms with Crippen molar-refractivity contribution in [1.29, 1.82) is 0 Å². The standard InChI is InChI=1S/C49H64FN9O6S2/c1-33(60)7-6-25-65-38-11-12-39-43(15-18-56(4)44(39)28-38)54-55-45(61)30-49(2,3)67-66-26-16-46(62)58-23-21-57(22-24-58)37-13-19-59(20-14-37)48(64)52-32-35-9-10-36(27-42(35)50)53-47(63)41-29-40(41)34-8-5-17-51-31-34/h5,8-12,17,27-28,31,37,40-41H,6-7,13-16,18-26,29-30,32H2,1-4H3,(H,52,64)(H,53,63)(H,55,61)/b54-43+. The number of ketones is 1. The maximum Gasteiger partial charge on any atom is 0.317 e. The molecule has 1 aromatic heterocycles. The summed E-state index contributed by atoms with van der Waals surface area (Å²) < 4.78 is 20.5. The molecular formula is C49H64FN9O6S2. The molecule has 3 fully saturated rings. The second-order valence-corrected chi connectivity index (χ2v) is 21.6. The number of rotatable bonds is 19. The molecule has 67 heavy (non-hydrogen) atoms. The number of fused-ring (bicyclic) bond motifs is 1. The Morgan fingerprint density at radius 2 is 1.75 bits per heavy atom. The number of benzene rings is 2. The van der Waals surface area contributed by atoms with Gasteiger partial charge in [-0.15, -0.1) is 0 Å². The molecule has 2 saturated heterocycles. The summed E-state index contributed by atoms with van der Waals surface area (Å²) in [6.45, 7) is 11.0. The van der Waals surface area contributed by atoms with Gasteiger partial charge in [-0.05, 0) is 88.3 Å². The van der Waals surface area contributed by atoms with Crippen LogP contribution in [0.3, 0.4) is 0 Å². The molecule has 7 rings (SSSR count). The van der Waals surface area contributed by atoms with E-state index in [9.17, 15) is 24.0 Å². The third-order valence-corrected chi connectivity index (χ3v) is 16.1. The number of nitrogens with one attached hydrogen (secondary N) is 3. The van der Waals surface area contributed by atoms with Crippen molar-refractivity contribution in [2.75, 3.05) is 75.4 Å². The lowest BCUT2D eigenvalue weighted by Gasteiger charge is -2.42. The number of ether oxygens (including phenoxy) is 1. The smallest absolute Gasteiger partial charge is 0.317 e. The van der Waals surface area contributed by atoms with Gasteiger partial charge in [0.15, 0.2) is 0 Å². The summed E-state index contributed by atoms with van der Waals surface area (Å²) in [5.41, 5.74) is 7.30.